The van der Waals surface area contributed by atoms with Crippen molar-refractivity contribution in [3.8, 4) is 23.7 Å². The van der Waals surface area contributed by atoms with Gasteiger partial charge in [-0.05, 0) is 30.9 Å². The Balaban J connectivity index is 2.00. The molecule has 82 valence electrons. The molecule has 1 saturated heterocycles. The van der Waals surface area contributed by atoms with E-state index in [0.717, 1.165) is 0 Å². The molecule has 1 unspecified atom stereocenters. The van der Waals surface area contributed by atoms with E-state index in [4.69, 9.17) is 14.2 Å². The second-order valence-corrected chi connectivity index (χ2v) is 3.34. The summed E-state index contributed by atoms with van der Waals surface area (Å²) >= 11 is 0. The van der Waals surface area contributed by atoms with E-state index in [1.54, 1.807) is 13.0 Å². The SMILES string of the molecule is CC#CC#C/C=C1\C=CC2(COCCO2)O1. The van der Waals surface area contributed by atoms with Crippen molar-refractivity contribution in [2.24, 2.45) is 0 Å². The van der Waals surface area contributed by atoms with Gasteiger partial charge < -0.3 is 14.2 Å². The highest BCUT2D eigenvalue weighted by Gasteiger charge is 2.37. The maximum absolute atomic E-state index is 5.62. The van der Waals surface area contributed by atoms with Crippen molar-refractivity contribution in [2.75, 3.05) is 19.8 Å². The van der Waals surface area contributed by atoms with Crippen LogP contribution in [0, 0.1) is 23.7 Å². The van der Waals surface area contributed by atoms with Crippen molar-refractivity contribution in [2.45, 2.75) is 12.7 Å². The zero-order valence-corrected chi connectivity index (χ0v) is 9.08. The summed E-state index contributed by atoms with van der Waals surface area (Å²) in [4.78, 5) is 0. The Morgan fingerprint density at radius 1 is 1.38 bits per heavy atom. The lowest BCUT2D eigenvalue weighted by atomic mass is 10.3. The fourth-order valence-corrected chi connectivity index (χ4v) is 1.44. The molecule has 3 heteroatoms. The van der Waals surface area contributed by atoms with Gasteiger partial charge in [0.1, 0.15) is 12.4 Å². The summed E-state index contributed by atoms with van der Waals surface area (Å²) in [6.07, 6.45) is 5.36. The van der Waals surface area contributed by atoms with Gasteiger partial charge in [-0.25, -0.2) is 0 Å². The summed E-state index contributed by atoms with van der Waals surface area (Å²) < 4.78 is 16.5. The molecule has 0 bridgehead atoms. The van der Waals surface area contributed by atoms with Crippen molar-refractivity contribution in [3.05, 3.63) is 24.0 Å². The number of hydrogen-bond donors (Lipinski definition) is 0. The average molecular weight is 216 g/mol. The minimum atomic E-state index is -0.734. The van der Waals surface area contributed by atoms with Gasteiger partial charge in [-0.1, -0.05) is 11.8 Å². The first-order valence-corrected chi connectivity index (χ1v) is 5.07. The molecule has 2 aliphatic heterocycles. The molecule has 0 radical (unpaired) electrons. The molecule has 3 nitrogen and oxygen atoms in total. The van der Waals surface area contributed by atoms with Gasteiger partial charge in [0, 0.05) is 6.08 Å². The van der Waals surface area contributed by atoms with Crippen LogP contribution in [0.5, 0.6) is 0 Å². The summed E-state index contributed by atoms with van der Waals surface area (Å²) in [5.41, 5.74) is 0. The normalized spacial score (nSPS) is 29.2. The van der Waals surface area contributed by atoms with E-state index in [1.807, 2.05) is 12.2 Å². The predicted octanol–water partition coefficient (Wildman–Crippen LogP) is 1.23. The smallest absolute Gasteiger partial charge is 0.254 e. The first-order chi connectivity index (χ1) is 7.85. The van der Waals surface area contributed by atoms with Crippen LogP contribution >= 0.6 is 0 Å². The van der Waals surface area contributed by atoms with Gasteiger partial charge in [0.05, 0.1) is 13.2 Å². The van der Waals surface area contributed by atoms with Crippen LogP contribution in [-0.4, -0.2) is 25.6 Å². The predicted molar refractivity (Wildman–Crippen MR) is 59.0 cm³/mol. The van der Waals surface area contributed by atoms with E-state index >= 15 is 0 Å². The largest absolute Gasteiger partial charge is 0.455 e. The first kappa shape index (κ1) is 10.8. The molecule has 0 aromatic heterocycles. The standard InChI is InChI=1S/C13H12O3/c1-2-3-4-5-6-12-7-8-13(16-12)11-14-9-10-15-13/h6-8H,9-11H2,1H3/b12-6+. The van der Waals surface area contributed by atoms with Crippen LogP contribution in [0.2, 0.25) is 0 Å². The molecule has 2 heterocycles. The minimum Gasteiger partial charge on any atom is -0.455 e. The van der Waals surface area contributed by atoms with Crippen LogP contribution in [0.25, 0.3) is 0 Å². The van der Waals surface area contributed by atoms with Crippen molar-refractivity contribution in [1.82, 2.24) is 0 Å². The molecule has 2 aliphatic rings. The summed E-state index contributed by atoms with van der Waals surface area (Å²) in [7, 11) is 0. The van der Waals surface area contributed by atoms with E-state index in [2.05, 4.69) is 23.7 Å². The number of allylic oxidation sites excluding steroid dienone is 2. The van der Waals surface area contributed by atoms with E-state index in [9.17, 15) is 0 Å². The zero-order valence-electron chi connectivity index (χ0n) is 9.08. The molecule has 0 aromatic rings. The fourth-order valence-electron chi connectivity index (χ4n) is 1.44. The van der Waals surface area contributed by atoms with Gasteiger partial charge in [0.2, 0.25) is 0 Å². The molecular weight excluding hydrogens is 204 g/mol. The molecule has 0 amide bonds. The Morgan fingerprint density at radius 2 is 2.31 bits per heavy atom. The van der Waals surface area contributed by atoms with Crippen LogP contribution in [-0.2, 0) is 14.2 Å². The second-order valence-electron chi connectivity index (χ2n) is 3.34. The lowest BCUT2D eigenvalue weighted by Gasteiger charge is -2.31. The Morgan fingerprint density at radius 3 is 3.06 bits per heavy atom. The molecule has 2 rings (SSSR count). The third-order valence-corrected chi connectivity index (χ3v) is 2.14. The lowest BCUT2D eigenvalue weighted by molar-refractivity contribution is -0.239. The van der Waals surface area contributed by atoms with Crippen LogP contribution < -0.4 is 0 Å². The highest BCUT2D eigenvalue weighted by atomic mass is 16.7. The van der Waals surface area contributed by atoms with Gasteiger partial charge in [-0.3, -0.25) is 0 Å². The summed E-state index contributed by atoms with van der Waals surface area (Å²) in [6.45, 7) is 3.33. The second kappa shape index (κ2) is 4.90. The van der Waals surface area contributed by atoms with Gasteiger partial charge in [-0.2, -0.15) is 0 Å². The molecular formula is C13H12O3. The average Bonchev–Trinajstić information content (AvgIpc) is 2.69. The highest BCUT2D eigenvalue weighted by Crippen LogP contribution is 2.29. The van der Waals surface area contributed by atoms with Gasteiger partial charge in [0.15, 0.2) is 0 Å². The van der Waals surface area contributed by atoms with Crippen molar-refractivity contribution >= 4 is 0 Å². The topological polar surface area (TPSA) is 27.7 Å². The molecule has 0 N–H and O–H groups in total. The Hall–Kier alpha value is -1.68. The molecule has 0 aliphatic carbocycles. The Labute approximate surface area is 95.1 Å². The first-order valence-electron chi connectivity index (χ1n) is 5.07. The maximum atomic E-state index is 5.62. The van der Waals surface area contributed by atoms with E-state index in [0.29, 0.717) is 25.6 Å². The number of rotatable bonds is 0. The summed E-state index contributed by atoms with van der Waals surface area (Å²) in [5.74, 6) is 10.8. The number of hydrogen-bond acceptors (Lipinski definition) is 3. The van der Waals surface area contributed by atoms with Crippen molar-refractivity contribution in [3.63, 3.8) is 0 Å². The van der Waals surface area contributed by atoms with Crippen LogP contribution in [0.3, 0.4) is 0 Å². The fraction of sp³-hybridized carbons (Fsp3) is 0.385. The number of ether oxygens (including phenoxy) is 3. The van der Waals surface area contributed by atoms with Gasteiger partial charge in [0.25, 0.3) is 5.79 Å². The maximum Gasteiger partial charge on any atom is 0.254 e. The Kier molecular flexibility index (Phi) is 3.31. The molecule has 0 saturated carbocycles. The zero-order chi connectivity index (χ0) is 11.3. The van der Waals surface area contributed by atoms with Gasteiger partial charge in [-0.15, -0.1) is 0 Å². The van der Waals surface area contributed by atoms with Crippen molar-refractivity contribution in [1.29, 1.82) is 0 Å². The lowest BCUT2D eigenvalue weighted by Crippen LogP contribution is -2.41. The third kappa shape index (κ3) is 2.46. The van der Waals surface area contributed by atoms with E-state index in [1.165, 1.54) is 0 Å². The van der Waals surface area contributed by atoms with E-state index < -0.39 is 5.79 Å². The minimum absolute atomic E-state index is 0.420. The molecule has 16 heavy (non-hydrogen) atoms. The Bertz CT molecular complexity index is 431. The van der Waals surface area contributed by atoms with E-state index in [-0.39, 0.29) is 0 Å². The van der Waals surface area contributed by atoms with Crippen LogP contribution in [0.1, 0.15) is 6.92 Å². The molecule has 0 aromatic carbocycles. The molecule has 1 fully saturated rings. The summed E-state index contributed by atoms with van der Waals surface area (Å²) in [6, 6.07) is 0. The highest BCUT2D eigenvalue weighted by molar-refractivity contribution is 5.35. The monoisotopic (exact) mass is 216 g/mol. The van der Waals surface area contributed by atoms with Gasteiger partial charge >= 0.3 is 0 Å². The van der Waals surface area contributed by atoms with Crippen molar-refractivity contribution < 1.29 is 14.2 Å². The molecule has 1 atom stereocenters. The molecule has 1 spiro atoms. The third-order valence-electron chi connectivity index (χ3n) is 2.14. The van der Waals surface area contributed by atoms with Crippen LogP contribution in [0.15, 0.2) is 24.0 Å². The quantitative estimate of drug-likeness (QED) is 0.570. The van der Waals surface area contributed by atoms with Crippen LogP contribution in [0.4, 0.5) is 0 Å². The summed E-state index contributed by atoms with van der Waals surface area (Å²) in [5, 5.41) is 0.